The summed E-state index contributed by atoms with van der Waals surface area (Å²) in [5.41, 5.74) is 1.56. The second-order valence-electron chi connectivity index (χ2n) is 3.30. The summed E-state index contributed by atoms with van der Waals surface area (Å²) in [5.74, 6) is -0.980. The van der Waals surface area contributed by atoms with Crippen LogP contribution in [0.3, 0.4) is 0 Å². The summed E-state index contributed by atoms with van der Waals surface area (Å²) in [6.45, 7) is 3.41. The van der Waals surface area contributed by atoms with Crippen LogP contribution in [0.25, 0.3) is 0 Å². The van der Waals surface area contributed by atoms with Crippen LogP contribution in [0.1, 0.15) is 12.5 Å². The Morgan fingerprint density at radius 2 is 2.27 bits per heavy atom. The van der Waals surface area contributed by atoms with E-state index < -0.39 is 5.92 Å². The molecule has 1 aromatic rings. The van der Waals surface area contributed by atoms with Crippen LogP contribution in [0.2, 0.25) is 5.02 Å². The predicted octanol–water partition coefficient (Wildman–Crippen LogP) is 2.75. The van der Waals surface area contributed by atoms with E-state index in [2.05, 4.69) is 5.32 Å². The fourth-order valence-electron chi connectivity index (χ4n) is 1.03. The largest absolute Gasteiger partial charge is 0.325 e. The highest BCUT2D eigenvalue weighted by molar-refractivity contribution is 6.31. The number of rotatable bonds is 2. The van der Waals surface area contributed by atoms with Crippen molar-refractivity contribution in [2.75, 3.05) is 5.32 Å². The molecule has 0 heterocycles. The van der Waals surface area contributed by atoms with Crippen LogP contribution in [-0.4, -0.2) is 5.91 Å². The Morgan fingerprint density at radius 3 is 2.87 bits per heavy atom. The molecule has 0 aliphatic heterocycles. The number of nitrogens with one attached hydrogen (secondary N) is 1. The molecule has 0 saturated heterocycles. The SMILES string of the molecule is Cc1ccc(Cl)cc1NC(=O)C(C)C#N. The lowest BCUT2D eigenvalue weighted by Crippen LogP contribution is -2.19. The van der Waals surface area contributed by atoms with Gasteiger partial charge in [0.15, 0.2) is 0 Å². The predicted molar refractivity (Wildman–Crippen MR) is 59.6 cm³/mol. The number of hydrogen-bond acceptors (Lipinski definition) is 2. The van der Waals surface area contributed by atoms with Crippen molar-refractivity contribution in [2.45, 2.75) is 13.8 Å². The maximum absolute atomic E-state index is 11.4. The number of halogens is 1. The number of amides is 1. The normalized spacial score (nSPS) is 11.6. The quantitative estimate of drug-likeness (QED) is 0.837. The van der Waals surface area contributed by atoms with Crippen LogP contribution in [0.4, 0.5) is 5.69 Å². The van der Waals surface area contributed by atoms with Gasteiger partial charge in [0, 0.05) is 10.7 Å². The summed E-state index contributed by atoms with van der Waals surface area (Å²) < 4.78 is 0. The number of nitrogens with zero attached hydrogens (tertiary/aromatic N) is 1. The van der Waals surface area contributed by atoms with Crippen molar-refractivity contribution in [2.24, 2.45) is 5.92 Å². The van der Waals surface area contributed by atoms with E-state index in [9.17, 15) is 4.79 Å². The third-order valence-electron chi connectivity index (χ3n) is 2.04. The highest BCUT2D eigenvalue weighted by Crippen LogP contribution is 2.20. The Morgan fingerprint density at radius 1 is 1.60 bits per heavy atom. The van der Waals surface area contributed by atoms with Crippen LogP contribution in [0.5, 0.6) is 0 Å². The Bertz CT molecular complexity index is 423. The highest BCUT2D eigenvalue weighted by atomic mass is 35.5. The summed E-state index contributed by atoms with van der Waals surface area (Å²) in [4.78, 5) is 11.4. The number of benzene rings is 1. The maximum Gasteiger partial charge on any atom is 0.241 e. The van der Waals surface area contributed by atoms with Gasteiger partial charge >= 0.3 is 0 Å². The number of hydrogen-bond donors (Lipinski definition) is 1. The van der Waals surface area contributed by atoms with Crippen LogP contribution in [0.15, 0.2) is 18.2 Å². The van der Waals surface area contributed by atoms with Gasteiger partial charge in [-0.15, -0.1) is 0 Å². The molecule has 0 radical (unpaired) electrons. The van der Waals surface area contributed by atoms with Crippen molar-refractivity contribution in [1.29, 1.82) is 5.26 Å². The molecule has 1 rings (SSSR count). The van der Waals surface area contributed by atoms with Crippen molar-refractivity contribution in [3.8, 4) is 6.07 Å². The topological polar surface area (TPSA) is 52.9 Å². The first-order valence-electron chi connectivity index (χ1n) is 4.51. The number of anilines is 1. The summed E-state index contributed by atoms with van der Waals surface area (Å²) in [7, 11) is 0. The van der Waals surface area contributed by atoms with E-state index in [4.69, 9.17) is 16.9 Å². The van der Waals surface area contributed by atoms with Gasteiger partial charge in [-0.3, -0.25) is 4.79 Å². The van der Waals surface area contributed by atoms with E-state index >= 15 is 0 Å². The van der Waals surface area contributed by atoms with Crippen molar-refractivity contribution in [3.05, 3.63) is 28.8 Å². The lowest BCUT2D eigenvalue weighted by atomic mass is 10.1. The Hall–Kier alpha value is -1.53. The molecule has 4 heteroatoms. The highest BCUT2D eigenvalue weighted by Gasteiger charge is 2.12. The lowest BCUT2D eigenvalue weighted by molar-refractivity contribution is -0.117. The summed E-state index contributed by atoms with van der Waals surface area (Å²) in [6, 6.07) is 7.10. The standard InChI is InChI=1S/C11H11ClN2O/c1-7-3-4-9(12)5-10(7)14-11(15)8(2)6-13/h3-5,8H,1-2H3,(H,14,15). The van der Waals surface area contributed by atoms with E-state index in [1.165, 1.54) is 0 Å². The fraction of sp³-hybridized carbons (Fsp3) is 0.273. The Balaban J connectivity index is 2.86. The van der Waals surface area contributed by atoms with Gasteiger partial charge in [-0.2, -0.15) is 5.26 Å². The first kappa shape index (κ1) is 11.5. The zero-order chi connectivity index (χ0) is 11.4. The van der Waals surface area contributed by atoms with Crippen molar-refractivity contribution >= 4 is 23.2 Å². The first-order valence-corrected chi connectivity index (χ1v) is 4.89. The van der Waals surface area contributed by atoms with Gasteiger partial charge in [0.05, 0.1) is 6.07 Å². The zero-order valence-corrected chi connectivity index (χ0v) is 9.30. The van der Waals surface area contributed by atoms with E-state index in [-0.39, 0.29) is 5.91 Å². The maximum atomic E-state index is 11.4. The average molecular weight is 223 g/mol. The van der Waals surface area contributed by atoms with Gasteiger partial charge in [-0.1, -0.05) is 17.7 Å². The minimum absolute atomic E-state index is 0.317. The molecule has 0 spiro atoms. The molecule has 1 amide bonds. The molecule has 1 N–H and O–H groups in total. The number of carbonyl (C=O) groups is 1. The molecule has 0 aliphatic carbocycles. The third kappa shape index (κ3) is 2.97. The minimum Gasteiger partial charge on any atom is -0.325 e. The van der Waals surface area contributed by atoms with E-state index in [1.807, 2.05) is 19.1 Å². The summed E-state index contributed by atoms with van der Waals surface area (Å²) >= 11 is 5.80. The molecule has 0 saturated carbocycles. The zero-order valence-electron chi connectivity index (χ0n) is 8.54. The lowest BCUT2D eigenvalue weighted by Gasteiger charge is -2.09. The average Bonchev–Trinajstić information content (AvgIpc) is 2.22. The summed E-state index contributed by atoms with van der Waals surface area (Å²) in [6.07, 6.45) is 0. The van der Waals surface area contributed by atoms with Crippen molar-refractivity contribution < 1.29 is 4.79 Å². The minimum atomic E-state index is -0.664. The van der Waals surface area contributed by atoms with E-state index in [0.717, 1.165) is 5.56 Å². The monoisotopic (exact) mass is 222 g/mol. The van der Waals surface area contributed by atoms with Gasteiger partial charge < -0.3 is 5.32 Å². The van der Waals surface area contributed by atoms with Gasteiger partial charge in [-0.25, -0.2) is 0 Å². The third-order valence-corrected chi connectivity index (χ3v) is 2.28. The Kier molecular flexibility index (Phi) is 3.70. The fourth-order valence-corrected chi connectivity index (χ4v) is 1.20. The second-order valence-corrected chi connectivity index (χ2v) is 3.74. The second kappa shape index (κ2) is 4.81. The van der Waals surface area contributed by atoms with E-state index in [1.54, 1.807) is 19.1 Å². The van der Waals surface area contributed by atoms with Crippen LogP contribution in [0, 0.1) is 24.2 Å². The van der Waals surface area contributed by atoms with Gasteiger partial charge in [0.1, 0.15) is 5.92 Å². The molecular formula is C11H11ClN2O. The molecular weight excluding hydrogens is 212 g/mol. The molecule has 0 bridgehead atoms. The van der Waals surface area contributed by atoms with E-state index in [0.29, 0.717) is 10.7 Å². The molecule has 0 fully saturated rings. The van der Waals surface area contributed by atoms with Crippen molar-refractivity contribution in [1.82, 2.24) is 0 Å². The molecule has 0 aliphatic rings. The number of aryl methyl sites for hydroxylation is 1. The molecule has 1 unspecified atom stereocenters. The number of nitriles is 1. The molecule has 15 heavy (non-hydrogen) atoms. The van der Waals surface area contributed by atoms with Gasteiger partial charge in [0.2, 0.25) is 5.91 Å². The number of carbonyl (C=O) groups excluding carboxylic acids is 1. The van der Waals surface area contributed by atoms with Crippen LogP contribution >= 0.6 is 11.6 Å². The Labute approximate surface area is 93.7 Å². The molecule has 0 aromatic heterocycles. The van der Waals surface area contributed by atoms with Gasteiger partial charge in [-0.05, 0) is 31.5 Å². The van der Waals surface area contributed by atoms with Crippen LogP contribution in [-0.2, 0) is 4.79 Å². The van der Waals surface area contributed by atoms with Gasteiger partial charge in [0.25, 0.3) is 0 Å². The summed E-state index contributed by atoms with van der Waals surface area (Å²) in [5, 5.41) is 11.8. The molecule has 78 valence electrons. The smallest absolute Gasteiger partial charge is 0.241 e. The van der Waals surface area contributed by atoms with Crippen LogP contribution < -0.4 is 5.32 Å². The first-order chi connectivity index (χ1) is 7.04. The molecule has 3 nitrogen and oxygen atoms in total. The molecule has 1 aromatic carbocycles. The molecule has 1 atom stereocenters. The van der Waals surface area contributed by atoms with Crippen molar-refractivity contribution in [3.63, 3.8) is 0 Å².